The van der Waals surface area contributed by atoms with Gasteiger partial charge in [-0.3, -0.25) is 14.4 Å². The van der Waals surface area contributed by atoms with Crippen LogP contribution >= 0.6 is 34.8 Å². The molecule has 0 spiro atoms. The first-order chi connectivity index (χ1) is 45.5. The van der Waals surface area contributed by atoms with Crippen LogP contribution in [0.25, 0.3) is 39.5 Å². The number of esters is 1. The van der Waals surface area contributed by atoms with Gasteiger partial charge in [-0.1, -0.05) is 41.4 Å². The van der Waals surface area contributed by atoms with E-state index in [-0.39, 0.29) is 99.3 Å². The zero-order valence-electron chi connectivity index (χ0n) is 53.5. The Balaban J connectivity index is 0.000000190. The number of Topliss-reactive ketones (excluding diaryl/α,β-unsaturated/α-hetero) is 2. The molecular weight excluding hydrogens is 1310 g/mol. The SMILES string of the molecule is C=C(OC)c1cc(-c2ccc(F)c(Cl)c2)nc(C(C)(O)CCC(=O)c2ccc(OC3CC3)c(OC)c2)c1.COC(=O)c1cc(-c2ccc(F)c(Cl)c2)nc(C(C)(O)CN)c1.COc1cc(C(=O)CCC(C)(O)c2cc(C(N)=O)cc(-c3ccc(F)c(Cl)c3)n2)ccc1OC1CC1. The highest BCUT2D eigenvalue weighted by Gasteiger charge is 2.32. The molecule has 5 aromatic carbocycles. The average molecular weight is 1380 g/mol. The molecule has 10 rings (SSSR count). The Bertz CT molecular complexity index is 4240. The lowest BCUT2D eigenvalue weighted by Crippen LogP contribution is -2.32. The summed E-state index contributed by atoms with van der Waals surface area (Å²) >= 11 is 17.7. The third-order valence-electron chi connectivity index (χ3n) is 15.7. The molecule has 1 amide bonds. The van der Waals surface area contributed by atoms with Crippen LogP contribution in [-0.4, -0.2) is 101 Å². The second kappa shape index (κ2) is 31.3. The zero-order chi connectivity index (χ0) is 70.0. The monoisotopic (exact) mass is 1380 g/mol. The molecule has 0 bridgehead atoms. The lowest BCUT2D eigenvalue weighted by molar-refractivity contribution is 0.0396. The molecule has 3 unspecified atom stereocenters. The Morgan fingerprint density at radius 3 is 1.21 bits per heavy atom. The number of primary amides is 1. The van der Waals surface area contributed by atoms with Crippen molar-refractivity contribution in [3.05, 3.63) is 211 Å². The van der Waals surface area contributed by atoms with Gasteiger partial charge in [0.05, 0.1) is 95.4 Å². The van der Waals surface area contributed by atoms with E-state index < -0.39 is 46.1 Å². The van der Waals surface area contributed by atoms with Gasteiger partial charge in [-0.05, 0) is 187 Å². The fourth-order valence-electron chi connectivity index (χ4n) is 9.46. The fraction of sp³-hybridized carbons (Fsp3) is 0.292. The van der Waals surface area contributed by atoms with E-state index in [1.165, 1.54) is 115 Å². The number of rotatable bonds is 25. The van der Waals surface area contributed by atoms with Crippen molar-refractivity contribution >= 4 is 64.0 Å². The lowest BCUT2D eigenvalue weighted by atomic mass is 9.91. The number of nitrogens with two attached hydrogens (primary N) is 2. The van der Waals surface area contributed by atoms with Crippen molar-refractivity contribution in [2.45, 2.75) is 101 Å². The summed E-state index contributed by atoms with van der Waals surface area (Å²) in [5.41, 5.74) is 11.6. The van der Waals surface area contributed by atoms with Gasteiger partial charge in [0.2, 0.25) is 5.91 Å². The van der Waals surface area contributed by atoms with E-state index in [1.54, 1.807) is 61.5 Å². The number of nitrogens with zero attached hydrogens (tertiary/aromatic N) is 3. The molecule has 3 aromatic heterocycles. The van der Waals surface area contributed by atoms with Crippen molar-refractivity contribution in [1.82, 2.24) is 15.0 Å². The molecule has 3 heterocycles. The Labute approximate surface area is 567 Å². The summed E-state index contributed by atoms with van der Waals surface area (Å²) in [6.45, 7) is 8.39. The van der Waals surface area contributed by atoms with E-state index in [0.717, 1.165) is 25.7 Å². The highest BCUT2D eigenvalue weighted by atomic mass is 35.5. The van der Waals surface area contributed by atoms with Gasteiger partial charge in [0.25, 0.3) is 0 Å². The minimum Gasteiger partial charge on any atom is -0.497 e. The molecule has 2 aliphatic rings. The Morgan fingerprint density at radius 2 is 0.865 bits per heavy atom. The highest BCUT2D eigenvalue weighted by molar-refractivity contribution is 6.31. The van der Waals surface area contributed by atoms with E-state index >= 15 is 0 Å². The topological polar surface area (TPSA) is 275 Å². The number of aromatic nitrogens is 3. The predicted octanol–water partition coefficient (Wildman–Crippen LogP) is 14.1. The molecule has 504 valence electrons. The second-order valence-electron chi connectivity index (χ2n) is 23.5. The Kier molecular flexibility index (Phi) is 23.8. The molecular formula is C72H71Cl3F3N5O13. The van der Waals surface area contributed by atoms with Crippen LogP contribution in [-0.2, 0) is 26.3 Å². The first-order valence-corrected chi connectivity index (χ1v) is 31.3. The molecule has 96 heavy (non-hydrogen) atoms. The summed E-state index contributed by atoms with van der Waals surface area (Å²) in [6.07, 6.45) is 4.62. The van der Waals surface area contributed by atoms with Crippen molar-refractivity contribution in [3.8, 4) is 56.8 Å². The maximum Gasteiger partial charge on any atom is 0.337 e. The number of hydrogen-bond donors (Lipinski definition) is 5. The molecule has 0 radical (unpaired) electrons. The van der Waals surface area contributed by atoms with Gasteiger partial charge >= 0.3 is 5.97 Å². The van der Waals surface area contributed by atoms with E-state index in [4.69, 9.17) is 74.7 Å². The summed E-state index contributed by atoms with van der Waals surface area (Å²) in [6, 6.07) is 31.5. The first kappa shape index (κ1) is 72.9. The summed E-state index contributed by atoms with van der Waals surface area (Å²) in [5.74, 6) is -0.833. The third-order valence-corrected chi connectivity index (χ3v) is 16.6. The Morgan fingerprint density at radius 1 is 0.500 bits per heavy atom. The van der Waals surface area contributed by atoms with E-state index in [2.05, 4.69) is 21.5 Å². The number of benzene rings is 5. The largest absolute Gasteiger partial charge is 0.497 e. The molecule has 3 atom stereocenters. The second-order valence-corrected chi connectivity index (χ2v) is 24.7. The van der Waals surface area contributed by atoms with E-state index in [0.29, 0.717) is 79.2 Å². The number of carbonyl (C=O) groups excluding carboxylic acids is 4. The molecule has 7 N–H and O–H groups in total. The summed E-state index contributed by atoms with van der Waals surface area (Å²) < 4.78 is 73.0. The van der Waals surface area contributed by atoms with Crippen molar-refractivity contribution in [1.29, 1.82) is 0 Å². The van der Waals surface area contributed by atoms with Crippen LogP contribution in [0.5, 0.6) is 23.0 Å². The number of methoxy groups -OCH3 is 4. The van der Waals surface area contributed by atoms with Gasteiger partial charge in [0.15, 0.2) is 34.6 Å². The van der Waals surface area contributed by atoms with Gasteiger partial charge in [0, 0.05) is 58.3 Å². The summed E-state index contributed by atoms with van der Waals surface area (Å²) in [7, 11) is 5.78. The predicted molar refractivity (Wildman–Crippen MR) is 358 cm³/mol. The van der Waals surface area contributed by atoms with Gasteiger partial charge < -0.3 is 55.2 Å². The zero-order valence-corrected chi connectivity index (χ0v) is 55.8. The number of halogens is 6. The molecule has 2 aliphatic carbocycles. The number of hydrogen-bond acceptors (Lipinski definition) is 17. The normalized spacial score (nSPS) is 14.3. The summed E-state index contributed by atoms with van der Waals surface area (Å²) in [5, 5.41) is 32.7. The van der Waals surface area contributed by atoms with Crippen LogP contribution in [0.1, 0.15) is 136 Å². The summed E-state index contributed by atoms with van der Waals surface area (Å²) in [4.78, 5) is 63.1. The fourth-order valence-corrected chi connectivity index (χ4v) is 10.00. The maximum atomic E-state index is 13.7. The van der Waals surface area contributed by atoms with Gasteiger partial charge in [-0.2, -0.15) is 0 Å². The molecule has 0 saturated heterocycles. The van der Waals surface area contributed by atoms with E-state index in [1.807, 2.05) is 0 Å². The number of ketones is 2. The van der Waals surface area contributed by atoms with Crippen LogP contribution in [0.15, 0.2) is 134 Å². The smallest absolute Gasteiger partial charge is 0.337 e. The number of carbonyl (C=O) groups is 4. The number of aliphatic hydroxyl groups is 3. The molecule has 24 heteroatoms. The average Bonchev–Trinajstić information content (AvgIpc) is 1.44. The van der Waals surface area contributed by atoms with Crippen molar-refractivity contribution < 1.29 is 76.1 Å². The maximum absolute atomic E-state index is 13.7. The van der Waals surface area contributed by atoms with E-state index in [9.17, 15) is 47.7 Å². The lowest BCUT2D eigenvalue weighted by Gasteiger charge is -2.24. The standard InChI is InChI=1S/C29H29ClFNO5.C27H26ClFN2O5.C16H16ClFN2O3/c1-17(35-3)20-14-24(18-5-9-23(31)22(30)13-18)32-28(16-20)29(2,34)12-11-25(33)19-6-10-26(27(15-19)36-4)37-21-7-8-21;1-27(34,10-9-22(32)16-4-8-23(24(13-16)35-2)36-18-5-6-18)25-14-17(26(30)33)12-21(31-25)15-3-7-20(29)19(28)11-15;1-16(22,8-19)14-7-10(15(21)23-2)6-13(20-14)9-3-4-12(18)11(17)5-9/h5-6,9-10,13-16,21,34H,1,7-8,11-12H2,2-4H3;3-4,7-8,11-14,18,34H,5-6,9-10H2,1-2H3,(H2,30,33);3-7,22H,8,19H2,1-2H3. The minimum atomic E-state index is -1.57. The van der Waals surface area contributed by atoms with Gasteiger partial charge in [-0.15, -0.1) is 0 Å². The van der Waals surface area contributed by atoms with Crippen LogP contribution in [0.3, 0.4) is 0 Å². The minimum absolute atomic E-state index is 0.000822. The number of ether oxygens (including phenoxy) is 6. The Hall–Kier alpha value is -8.93. The van der Waals surface area contributed by atoms with Crippen LogP contribution in [0.2, 0.25) is 15.1 Å². The van der Waals surface area contributed by atoms with Crippen LogP contribution in [0.4, 0.5) is 13.2 Å². The van der Waals surface area contributed by atoms with Crippen LogP contribution in [0, 0.1) is 17.5 Å². The van der Waals surface area contributed by atoms with Crippen molar-refractivity contribution in [2.24, 2.45) is 11.5 Å². The molecule has 8 aromatic rings. The first-order valence-electron chi connectivity index (χ1n) is 30.1. The molecule has 0 aliphatic heterocycles. The number of amides is 1. The molecule has 18 nitrogen and oxygen atoms in total. The van der Waals surface area contributed by atoms with Crippen molar-refractivity contribution in [2.75, 3.05) is 35.0 Å². The molecule has 2 saturated carbocycles. The molecule has 2 fully saturated rings. The van der Waals surface area contributed by atoms with Gasteiger partial charge in [0.1, 0.15) is 40.0 Å². The third kappa shape index (κ3) is 18.8. The number of pyridine rings is 3. The highest BCUT2D eigenvalue weighted by Crippen LogP contribution is 2.39. The van der Waals surface area contributed by atoms with Crippen LogP contribution < -0.4 is 30.4 Å². The quantitative estimate of drug-likeness (QED) is 0.0202. The van der Waals surface area contributed by atoms with Crippen molar-refractivity contribution in [3.63, 3.8) is 0 Å². The van der Waals surface area contributed by atoms with Gasteiger partial charge in [-0.25, -0.2) is 32.9 Å².